The molecule has 0 radical (unpaired) electrons. The standard InChI is InChI=1S/C17H18BrN5O2S/c1-3-25-14-9-11(8-13(18)15(14)24-2)10-20-23-16(21-22-17(23)26)12-4-6-19-7-5-12/h4-9,20H,3,10H2,1-2H3,(H,22,26). The SMILES string of the molecule is CCOc1cc(CNn2c(-c3ccncc3)n[nH]c2=S)cc(Br)c1OC. The van der Waals surface area contributed by atoms with Crippen molar-refractivity contribution in [3.8, 4) is 22.9 Å². The lowest BCUT2D eigenvalue weighted by Crippen LogP contribution is -2.16. The Morgan fingerprint density at radius 3 is 2.77 bits per heavy atom. The molecule has 0 atom stereocenters. The van der Waals surface area contributed by atoms with Crippen LogP contribution < -0.4 is 14.9 Å². The van der Waals surface area contributed by atoms with Gasteiger partial charge in [-0.3, -0.25) is 4.98 Å². The smallest absolute Gasteiger partial charge is 0.214 e. The number of benzene rings is 1. The van der Waals surface area contributed by atoms with E-state index in [4.69, 9.17) is 21.7 Å². The van der Waals surface area contributed by atoms with Crippen LogP contribution in [0.3, 0.4) is 0 Å². The number of hydrogen-bond acceptors (Lipinski definition) is 6. The molecule has 3 rings (SSSR count). The highest BCUT2D eigenvalue weighted by Gasteiger charge is 2.12. The number of H-pyrrole nitrogens is 1. The van der Waals surface area contributed by atoms with E-state index in [-0.39, 0.29) is 0 Å². The Bertz CT molecular complexity index is 942. The van der Waals surface area contributed by atoms with Gasteiger partial charge in [-0.1, -0.05) is 0 Å². The Kier molecular flexibility index (Phi) is 5.89. The summed E-state index contributed by atoms with van der Waals surface area (Å²) >= 11 is 8.86. The average Bonchev–Trinajstić information content (AvgIpc) is 3.01. The molecule has 2 aromatic heterocycles. The van der Waals surface area contributed by atoms with E-state index >= 15 is 0 Å². The number of nitrogens with one attached hydrogen (secondary N) is 2. The minimum atomic E-state index is 0.481. The monoisotopic (exact) mass is 435 g/mol. The molecule has 2 N–H and O–H groups in total. The van der Waals surface area contributed by atoms with Gasteiger partial charge < -0.3 is 14.9 Å². The zero-order chi connectivity index (χ0) is 18.5. The van der Waals surface area contributed by atoms with Gasteiger partial charge in [0.1, 0.15) is 0 Å². The first kappa shape index (κ1) is 18.4. The molecule has 0 aliphatic carbocycles. The van der Waals surface area contributed by atoms with Crippen molar-refractivity contribution in [2.24, 2.45) is 0 Å². The molecule has 7 nitrogen and oxygen atoms in total. The Balaban J connectivity index is 1.86. The van der Waals surface area contributed by atoms with Crippen LogP contribution in [-0.4, -0.2) is 33.6 Å². The van der Waals surface area contributed by atoms with Crippen LogP contribution in [0.5, 0.6) is 11.5 Å². The maximum Gasteiger partial charge on any atom is 0.214 e. The van der Waals surface area contributed by atoms with Crippen molar-refractivity contribution in [3.05, 3.63) is 51.5 Å². The summed E-state index contributed by atoms with van der Waals surface area (Å²) in [5.74, 6) is 2.05. The van der Waals surface area contributed by atoms with E-state index in [1.807, 2.05) is 31.2 Å². The zero-order valence-corrected chi connectivity index (χ0v) is 16.7. The Morgan fingerprint density at radius 1 is 1.31 bits per heavy atom. The Hall–Kier alpha value is -2.39. The van der Waals surface area contributed by atoms with Crippen LogP contribution in [0.4, 0.5) is 0 Å². The topological polar surface area (TPSA) is 77.0 Å². The van der Waals surface area contributed by atoms with Gasteiger partial charge in [0.15, 0.2) is 17.3 Å². The van der Waals surface area contributed by atoms with Crippen molar-refractivity contribution in [1.82, 2.24) is 19.9 Å². The lowest BCUT2D eigenvalue weighted by Gasteiger charge is -2.15. The fourth-order valence-electron chi connectivity index (χ4n) is 2.49. The van der Waals surface area contributed by atoms with Crippen molar-refractivity contribution in [2.75, 3.05) is 19.1 Å². The van der Waals surface area contributed by atoms with Crippen LogP contribution in [-0.2, 0) is 6.54 Å². The fourth-order valence-corrected chi connectivity index (χ4v) is 3.34. The summed E-state index contributed by atoms with van der Waals surface area (Å²) < 4.78 is 14.1. The average molecular weight is 436 g/mol. The molecule has 3 aromatic rings. The van der Waals surface area contributed by atoms with Gasteiger partial charge in [0.2, 0.25) is 4.77 Å². The summed E-state index contributed by atoms with van der Waals surface area (Å²) in [4.78, 5) is 4.03. The molecule has 0 saturated carbocycles. The molecule has 9 heteroatoms. The van der Waals surface area contributed by atoms with Gasteiger partial charge in [0.05, 0.1) is 24.7 Å². The van der Waals surface area contributed by atoms with Gasteiger partial charge in [-0.15, -0.1) is 0 Å². The van der Waals surface area contributed by atoms with Gasteiger partial charge >= 0.3 is 0 Å². The number of halogens is 1. The third-order valence-corrected chi connectivity index (χ3v) is 4.49. The second kappa shape index (κ2) is 8.33. The normalized spacial score (nSPS) is 10.6. The lowest BCUT2D eigenvalue weighted by atomic mass is 10.2. The van der Waals surface area contributed by atoms with Crippen molar-refractivity contribution in [3.63, 3.8) is 0 Å². The number of rotatable bonds is 7. The molecule has 0 aliphatic heterocycles. The number of nitrogens with zero attached hydrogens (tertiary/aromatic N) is 3. The zero-order valence-electron chi connectivity index (χ0n) is 14.3. The molecule has 0 aliphatic rings. The van der Waals surface area contributed by atoms with Crippen LogP contribution in [0.15, 0.2) is 41.1 Å². The number of aromatic amines is 1. The summed E-state index contributed by atoms with van der Waals surface area (Å²) in [6.45, 7) is 3.01. The molecule has 26 heavy (non-hydrogen) atoms. The van der Waals surface area contributed by atoms with Crippen LogP contribution >= 0.6 is 28.1 Å². The van der Waals surface area contributed by atoms with E-state index in [0.29, 0.717) is 35.2 Å². The van der Waals surface area contributed by atoms with Crippen molar-refractivity contribution < 1.29 is 9.47 Å². The molecule has 0 saturated heterocycles. The predicted molar refractivity (Wildman–Crippen MR) is 106 cm³/mol. The molecule has 0 amide bonds. The highest BCUT2D eigenvalue weighted by atomic mass is 79.9. The predicted octanol–water partition coefficient (Wildman–Crippen LogP) is 3.92. The highest BCUT2D eigenvalue weighted by molar-refractivity contribution is 9.10. The van der Waals surface area contributed by atoms with Crippen molar-refractivity contribution >= 4 is 28.1 Å². The molecule has 0 unspecified atom stereocenters. The number of aromatic nitrogens is 4. The molecule has 0 spiro atoms. The van der Waals surface area contributed by atoms with Crippen LogP contribution in [0, 0.1) is 4.77 Å². The van der Waals surface area contributed by atoms with Gasteiger partial charge in [-0.2, -0.15) is 5.10 Å². The quantitative estimate of drug-likeness (QED) is 0.547. The second-order valence-electron chi connectivity index (χ2n) is 5.30. The van der Waals surface area contributed by atoms with Gasteiger partial charge in [0.25, 0.3) is 0 Å². The first-order chi connectivity index (χ1) is 12.6. The first-order valence-electron chi connectivity index (χ1n) is 7.95. The minimum Gasteiger partial charge on any atom is -0.492 e. The van der Waals surface area contributed by atoms with Crippen LogP contribution in [0.2, 0.25) is 0 Å². The summed E-state index contributed by atoms with van der Waals surface area (Å²) in [6, 6.07) is 7.67. The highest BCUT2D eigenvalue weighted by Crippen LogP contribution is 2.36. The maximum absolute atomic E-state index is 5.67. The van der Waals surface area contributed by atoms with Crippen molar-refractivity contribution in [1.29, 1.82) is 0 Å². The number of hydrogen-bond donors (Lipinski definition) is 2. The van der Waals surface area contributed by atoms with Gasteiger partial charge in [0, 0.05) is 18.0 Å². The van der Waals surface area contributed by atoms with E-state index in [1.54, 1.807) is 24.2 Å². The van der Waals surface area contributed by atoms with Gasteiger partial charge in [-0.25, -0.2) is 9.77 Å². The molecule has 2 heterocycles. The summed E-state index contributed by atoms with van der Waals surface area (Å²) in [6.07, 6.45) is 3.43. The maximum atomic E-state index is 5.67. The molecule has 0 bridgehead atoms. The van der Waals surface area contributed by atoms with Gasteiger partial charge in [-0.05, 0) is 64.9 Å². The van der Waals surface area contributed by atoms with E-state index in [9.17, 15) is 0 Å². The number of pyridine rings is 1. The van der Waals surface area contributed by atoms with E-state index < -0.39 is 0 Å². The third-order valence-electron chi connectivity index (χ3n) is 3.63. The van der Waals surface area contributed by atoms with E-state index in [1.165, 1.54) is 0 Å². The van der Waals surface area contributed by atoms with Crippen LogP contribution in [0.1, 0.15) is 12.5 Å². The Labute approximate surface area is 164 Å². The number of methoxy groups -OCH3 is 1. The lowest BCUT2D eigenvalue weighted by molar-refractivity contribution is 0.309. The van der Waals surface area contributed by atoms with E-state index in [0.717, 1.165) is 15.6 Å². The summed E-state index contributed by atoms with van der Waals surface area (Å²) in [5.41, 5.74) is 5.20. The molecular formula is C17H18BrN5O2S. The molecule has 0 fully saturated rings. The third kappa shape index (κ3) is 3.88. The molecule has 1 aromatic carbocycles. The summed E-state index contributed by atoms with van der Waals surface area (Å²) in [5, 5.41) is 7.10. The largest absolute Gasteiger partial charge is 0.492 e. The van der Waals surface area contributed by atoms with Crippen LogP contribution in [0.25, 0.3) is 11.4 Å². The first-order valence-corrected chi connectivity index (χ1v) is 9.15. The summed E-state index contributed by atoms with van der Waals surface area (Å²) in [7, 11) is 1.62. The fraction of sp³-hybridized carbons (Fsp3) is 0.235. The van der Waals surface area contributed by atoms with Crippen molar-refractivity contribution in [2.45, 2.75) is 13.5 Å². The van der Waals surface area contributed by atoms with E-state index in [2.05, 4.69) is 36.5 Å². The molecule has 136 valence electrons. The Morgan fingerprint density at radius 2 is 2.08 bits per heavy atom. The number of ether oxygens (including phenoxy) is 2. The second-order valence-corrected chi connectivity index (χ2v) is 6.54. The minimum absolute atomic E-state index is 0.481. The molecular weight excluding hydrogens is 418 g/mol.